The zero-order chi connectivity index (χ0) is 15.7. The summed E-state index contributed by atoms with van der Waals surface area (Å²) in [5, 5.41) is 3.22. The molecule has 0 spiro atoms. The van der Waals surface area contributed by atoms with E-state index in [0.29, 0.717) is 23.7 Å². The van der Waals surface area contributed by atoms with Crippen LogP contribution >= 0.6 is 0 Å². The van der Waals surface area contributed by atoms with Crippen LogP contribution in [0.15, 0.2) is 36.4 Å². The van der Waals surface area contributed by atoms with E-state index in [0.717, 1.165) is 5.69 Å². The summed E-state index contributed by atoms with van der Waals surface area (Å²) in [7, 11) is 0. The molecule has 4 aliphatic carbocycles. The fraction of sp³-hybridized carbons (Fsp3) is 0.474. The van der Waals surface area contributed by atoms with Crippen molar-refractivity contribution < 1.29 is 9.59 Å². The van der Waals surface area contributed by atoms with E-state index in [4.69, 9.17) is 0 Å². The van der Waals surface area contributed by atoms with Gasteiger partial charge in [0.25, 0.3) is 0 Å². The lowest BCUT2D eigenvalue weighted by atomic mass is 9.63. The van der Waals surface area contributed by atoms with Crippen LogP contribution in [-0.2, 0) is 9.59 Å². The average molecular weight is 308 g/mol. The molecule has 6 rings (SSSR count). The van der Waals surface area contributed by atoms with Crippen LogP contribution in [0.3, 0.4) is 0 Å². The number of hydrogen-bond acceptors (Lipinski definition) is 3. The van der Waals surface area contributed by atoms with E-state index in [9.17, 15) is 9.59 Å². The fourth-order valence-electron chi connectivity index (χ4n) is 5.02. The number of nitrogens with one attached hydrogen (secondary N) is 1. The zero-order valence-corrected chi connectivity index (χ0v) is 13.1. The van der Waals surface area contributed by atoms with Crippen molar-refractivity contribution in [3.05, 3.63) is 42.0 Å². The van der Waals surface area contributed by atoms with Crippen molar-refractivity contribution in [3.8, 4) is 0 Å². The van der Waals surface area contributed by atoms with E-state index in [1.54, 1.807) is 0 Å². The first-order chi connectivity index (χ1) is 11.1. The molecule has 1 heterocycles. The molecule has 118 valence electrons. The molecule has 6 unspecified atom stereocenters. The molecule has 4 heteroatoms. The second kappa shape index (κ2) is 4.47. The molecule has 0 aromatic heterocycles. The minimum absolute atomic E-state index is 0.0318. The van der Waals surface area contributed by atoms with Gasteiger partial charge in [-0.1, -0.05) is 29.8 Å². The van der Waals surface area contributed by atoms with Gasteiger partial charge in [0.05, 0.1) is 18.5 Å². The predicted octanol–water partition coefficient (Wildman–Crippen LogP) is 2.42. The van der Waals surface area contributed by atoms with Crippen molar-refractivity contribution in [1.82, 2.24) is 4.90 Å². The van der Waals surface area contributed by atoms with Crippen LogP contribution in [0.2, 0.25) is 0 Å². The van der Waals surface area contributed by atoms with Gasteiger partial charge >= 0.3 is 0 Å². The number of rotatable bonds is 3. The van der Waals surface area contributed by atoms with Gasteiger partial charge in [-0.05, 0) is 49.1 Å². The van der Waals surface area contributed by atoms with Crippen molar-refractivity contribution in [2.45, 2.75) is 13.3 Å². The molecule has 5 aliphatic rings. The highest BCUT2D eigenvalue weighted by Crippen LogP contribution is 2.65. The maximum atomic E-state index is 12.8. The van der Waals surface area contributed by atoms with Crippen molar-refractivity contribution in [3.63, 3.8) is 0 Å². The number of aryl methyl sites for hydroxylation is 1. The Morgan fingerprint density at radius 3 is 2.13 bits per heavy atom. The van der Waals surface area contributed by atoms with E-state index in [1.807, 2.05) is 31.2 Å². The van der Waals surface area contributed by atoms with Gasteiger partial charge in [-0.3, -0.25) is 14.5 Å². The Hall–Kier alpha value is -2.10. The van der Waals surface area contributed by atoms with Gasteiger partial charge in [-0.2, -0.15) is 0 Å². The van der Waals surface area contributed by atoms with Gasteiger partial charge in [0.15, 0.2) is 0 Å². The minimum Gasteiger partial charge on any atom is -0.367 e. The maximum absolute atomic E-state index is 12.8. The topological polar surface area (TPSA) is 49.4 Å². The standard InChI is InChI=1S/C19H20N2O2/c1-10-2-4-11(5-3-10)20-9-21-18(22)16-12-6-7-13(15-8-14(12)15)17(16)19(21)23/h2-7,12-17,20H,8-9H2,1H3. The molecule has 4 nitrogen and oxygen atoms in total. The molecule has 6 atom stereocenters. The molecule has 2 amide bonds. The Bertz CT molecular complexity index is 687. The quantitative estimate of drug-likeness (QED) is 0.689. The molecule has 0 radical (unpaired) electrons. The second-order valence-electron chi connectivity index (χ2n) is 7.46. The highest BCUT2D eigenvalue weighted by Gasteiger charge is 2.66. The Morgan fingerprint density at radius 1 is 1.00 bits per heavy atom. The molecule has 1 aliphatic heterocycles. The van der Waals surface area contributed by atoms with Gasteiger partial charge in [0.2, 0.25) is 11.8 Å². The molecule has 1 saturated heterocycles. The number of imide groups is 1. The SMILES string of the molecule is Cc1ccc(NCN2C(=O)C3C4C=CC(C5CC45)C3C2=O)cc1. The lowest BCUT2D eigenvalue weighted by molar-refractivity contribution is -0.139. The Kier molecular flexibility index (Phi) is 2.59. The third kappa shape index (κ3) is 1.78. The zero-order valence-electron chi connectivity index (χ0n) is 13.1. The first-order valence-corrected chi connectivity index (χ1v) is 8.49. The van der Waals surface area contributed by atoms with Crippen LogP contribution in [0.5, 0.6) is 0 Å². The molecule has 3 fully saturated rings. The molecule has 23 heavy (non-hydrogen) atoms. The number of anilines is 1. The average Bonchev–Trinajstić information content (AvgIpc) is 3.33. The van der Waals surface area contributed by atoms with Crippen LogP contribution < -0.4 is 5.32 Å². The lowest BCUT2D eigenvalue weighted by Gasteiger charge is -2.37. The van der Waals surface area contributed by atoms with Crippen LogP contribution in [-0.4, -0.2) is 23.4 Å². The van der Waals surface area contributed by atoms with Gasteiger partial charge in [-0.15, -0.1) is 0 Å². The predicted molar refractivity (Wildman–Crippen MR) is 86.2 cm³/mol. The number of hydrogen-bond donors (Lipinski definition) is 1. The Morgan fingerprint density at radius 2 is 1.57 bits per heavy atom. The summed E-state index contributed by atoms with van der Waals surface area (Å²) in [6.45, 7) is 2.32. The summed E-state index contributed by atoms with van der Waals surface area (Å²) in [5.74, 6) is 1.79. The fourth-order valence-corrected chi connectivity index (χ4v) is 5.02. The summed E-state index contributed by atoms with van der Waals surface area (Å²) in [5.41, 5.74) is 2.13. The summed E-state index contributed by atoms with van der Waals surface area (Å²) in [4.78, 5) is 27.1. The third-order valence-corrected chi connectivity index (χ3v) is 6.25. The van der Waals surface area contributed by atoms with Gasteiger partial charge in [0, 0.05) is 5.69 Å². The van der Waals surface area contributed by atoms with Gasteiger partial charge in [-0.25, -0.2) is 0 Å². The summed E-state index contributed by atoms with van der Waals surface area (Å²) in [6.07, 6.45) is 5.63. The molecular weight excluding hydrogens is 288 g/mol. The largest absolute Gasteiger partial charge is 0.367 e. The van der Waals surface area contributed by atoms with E-state index in [1.165, 1.54) is 16.9 Å². The molecule has 2 saturated carbocycles. The number of amides is 2. The maximum Gasteiger partial charge on any atom is 0.235 e. The highest BCUT2D eigenvalue weighted by molar-refractivity contribution is 6.06. The minimum atomic E-state index is -0.0962. The summed E-state index contributed by atoms with van der Waals surface area (Å²) >= 11 is 0. The lowest BCUT2D eigenvalue weighted by Crippen LogP contribution is -2.40. The Balaban J connectivity index is 1.36. The number of benzene rings is 1. The van der Waals surface area contributed by atoms with Gasteiger partial charge in [0.1, 0.15) is 0 Å². The number of carbonyl (C=O) groups excluding carboxylic acids is 2. The Labute approximate surface area is 135 Å². The van der Waals surface area contributed by atoms with Crippen molar-refractivity contribution >= 4 is 17.5 Å². The van der Waals surface area contributed by atoms with Crippen LogP contribution in [0.1, 0.15) is 12.0 Å². The first-order valence-electron chi connectivity index (χ1n) is 8.49. The highest BCUT2D eigenvalue weighted by atomic mass is 16.2. The van der Waals surface area contributed by atoms with Crippen LogP contribution in [0.4, 0.5) is 5.69 Å². The number of nitrogens with zero attached hydrogens (tertiary/aromatic N) is 1. The van der Waals surface area contributed by atoms with Crippen molar-refractivity contribution in [1.29, 1.82) is 0 Å². The van der Waals surface area contributed by atoms with E-state index < -0.39 is 0 Å². The molecule has 2 bridgehead atoms. The van der Waals surface area contributed by atoms with E-state index in [2.05, 4.69) is 17.5 Å². The number of carbonyl (C=O) groups is 2. The normalized spacial score (nSPS) is 39.4. The number of allylic oxidation sites excluding steroid dienone is 2. The van der Waals surface area contributed by atoms with Crippen molar-refractivity contribution in [2.75, 3.05) is 12.0 Å². The smallest absolute Gasteiger partial charge is 0.235 e. The monoisotopic (exact) mass is 308 g/mol. The summed E-state index contributed by atoms with van der Waals surface area (Å²) in [6, 6.07) is 8.00. The first kappa shape index (κ1) is 13.3. The molecular formula is C19H20N2O2. The van der Waals surface area contributed by atoms with Crippen LogP contribution in [0, 0.1) is 42.4 Å². The van der Waals surface area contributed by atoms with Crippen molar-refractivity contribution in [2.24, 2.45) is 35.5 Å². The molecule has 1 N–H and O–H groups in total. The van der Waals surface area contributed by atoms with Crippen LogP contribution in [0.25, 0.3) is 0 Å². The number of likely N-dealkylation sites (tertiary alicyclic amines) is 1. The van der Waals surface area contributed by atoms with Gasteiger partial charge < -0.3 is 5.32 Å². The molecule has 1 aromatic carbocycles. The molecule has 1 aromatic rings. The third-order valence-electron chi connectivity index (χ3n) is 6.25. The summed E-state index contributed by atoms with van der Waals surface area (Å²) < 4.78 is 0. The van der Waals surface area contributed by atoms with E-state index >= 15 is 0 Å². The second-order valence-corrected chi connectivity index (χ2v) is 7.46. The van der Waals surface area contributed by atoms with E-state index in [-0.39, 0.29) is 30.3 Å².